The van der Waals surface area contributed by atoms with Crippen LogP contribution in [0, 0.1) is 11.8 Å². The first-order chi connectivity index (χ1) is 17.8. The highest BCUT2D eigenvalue weighted by Crippen LogP contribution is 2.33. The van der Waals surface area contributed by atoms with Gasteiger partial charge in [-0.05, 0) is 55.2 Å². The van der Waals surface area contributed by atoms with E-state index in [9.17, 15) is 9.59 Å². The van der Waals surface area contributed by atoms with Crippen LogP contribution in [-0.4, -0.2) is 60.7 Å². The molecule has 1 aromatic heterocycles. The van der Waals surface area contributed by atoms with Gasteiger partial charge in [0.25, 0.3) is 0 Å². The molecule has 9 heteroatoms. The van der Waals surface area contributed by atoms with Crippen molar-refractivity contribution in [3.05, 3.63) is 48.7 Å². The van der Waals surface area contributed by atoms with Gasteiger partial charge in [-0.3, -0.25) is 19.5 Å². The van der Waals surface area contributed by atoms with Crippen molar-refractivity contribution >= 4 is 17.8 Å². The van der Waals surface area contributed by atoms with Crippen molar-refractivity contribution in [2.24, 2.45) is 11.8 Å². The standard InChI is InChI=1S/C28H34N4O5/c1-18(2)27(34)31(15-19-6-7-19)17-26(33)30-28-29-23(20-8-11-22(35-3)12-9-20)16-32(28)21-10-13-24(36-4)25(14-21)37-5/h8-14,16,18-19H,6-7,15,17H2,1-5H3,(H,29,30,33). The van der Waals surface area contributed by atoms with Crippen LogP contribution in [0.25, 0.3) is 16.9 Å². The number of carbonyl (C=O) groups is 2. The van der Waals surface area contributed by atoms with Crippen LogP contribution in [0.2, 0.25) is 0 Å². The molecule has 0 aliphatic heterocycles. The summed E-state index contributed by atoms with van der Waals surface area (Å²) in [6.07, 6.45) is 4.04. The first-order valence-electron chi connectivity index (χ1n) is 12.4. The normalized spacial score (nSPS) is 12.8. The van der Waals surface area contributed by atoms with E-state index in [2.05, 4.69) is 5.32 Å². The molecule has 1 aliphatic rings. The Morgan fingerprint density at radius 3 is 2.32 bits per heavy atom. The summed E-state index contributed by atoms with van der Waals surface area (Å²) in [6.45, 7) is 4.28. The minimum absolute atomic E-state index is 0.0236. The Kier molecular flexibility index (Phi) is 8.01. The smallest absolute Gasteiger partial charge is 0.246 e. The van der Waals surface area contributed by atoms with Gasteiger partial charge in [-0.25, -0.2) is 4.98 Å². The van der Waals surface area contributed by atoms with Gasteiger partial charge in [-0.2, -0.15) is 0 Å². The Hall–Kier alpha value is -4.01. The highest BCUT2D eigenvalue weighted by molar-refractivity contribution is 5.94. The van der Waals surface area contributed by atoms with Crippen LogP contribution in [0.1, 0.15) is 26.7 Å². The highest BCUT2D eigenvalue weighted by Gasteiger charge is 2.29. The second kappa shape index (κ2) is 11.4. The number of aromatic nitrogens is 2. The van der Waals surface area contributed by atoms with E-state index in [4.69, 9.17) is 19.2 Å². The lowest BCUT2D eigenvalue weighted by Crippen LogP contribution is -2.41. The number of ether oxygens (including phenoxy) is 3. The van der Waals surface area contributed by atoms with Crippen LogP contribution in [-0.2, 0) is 9.59 Å². The molecule has 0 spiro atoms. The number of hydrogen-bond acceptors (Lipinski definition) is 6. The van der Waals surface area contributed by atoms with Crippen LogP contribution >= 0.6 is 0 Å². The summed E-state index contributed by atoms with van der Waals surface area (Å²) in [5, 5.41) is 2.93. The molecule has 1 fully saturated rings. The van der Waals surface area contributed by atoms with Gasteiger partial charge < -0.3 is 19.1 Å². The molecular weight excluding hydrogens is 472 g/mol. The predicted octanol–water partition coefficient (Wildman–Crippen LogP) is 4.40. The summed E-state index contributed by atoms with van der Waals surface area (Å²) in [5.74, 6) is 2.19. The van der Waals surface area contributed by atoms with Crippen LogP contribution in [0.3, 0.4) is 0 Å². The summed E-state index contributed by atoms with van der Waals surface area (Å²) in [4.78, 5) is 32.3. The quantitative estimate of drug-likeness (QED) is 0.414. The maximum absolute atomic E-state index is 13.2. The molecule has 37 heavy (non-hydrogen) atoms. The first-order valence-corrected chi connectivity index (χ1v) is 12.4. The van der Waals surface area contributed by atoms with E-state index in [1.165, 1.54) is 0 Å². The van der Waals surface area contributed by atoms with Crippen molar-refractivity contribution in [2.75, 3.05) is 39.7 Å². The Labute approximate surface area is 217 Å². The van der Waals surface area contributed by atoms with Crippen LogP contribution < -0.4 is 19.5 Å². The number of anilines is 1. The van der Waals surface area contributed by atoms with Gasteiger partial charge in [-0.1, -0.05) is 13.8 Å². The number of amides is 2. The molecule has 0 atom stereocenters. The lowest BCUT2D eigenvalue weighted by atomic mass is 10.1. The number of hydrogen-bond donors (Lipinski definition) is 1. The number of rotatable bonds is 11. The molecule has 1 saturated carbocycles. The van der Waals surface area contributed by atoms with Gasteiger partial charge in [0.15, 0.2) is 11.5 Å². The summed E-state index contributed by atoms with van der Waals surface area (Å²) in [5.41, 5.74) is 2.26. The van der Waals surface area contributed by atoms with Gasteiger partial charge in [0.05, 0.1) is 39.3 Å². The minimum atomic E-state index is -0.303. The Bertz CT molecular complexity index is 1250. The maximum Gasteiger partial charge on any atom is 0.246 e. The molecule has 3 aromatic rings. The molecule has 0 bridgehead atoms. The number of carbonyl (C=O) groups excluding carboxylic acids is 2. The lowest BCUT2D eigenvalue weighted by molar-refractivity contribution is -0.137. The van der Waals surface area contributed by atoms with E-state index in [0.29, 0.717) is 35.6 Å². The van der Waals surface area contributed by atoms with Crippen LogP contribution in [0.5, 0.6) is 17.2 Å². The average molecular weight is 507 g/mol. The zero-order valence-electron chi connectivity index (χ0n) is 22.0. The van der Waals surface area contributed by atoms with Crippen molar-refractivity contribution in [1.82, 2.24) is 14.5 Å². The highest BCUT2D eigenvalue weighted by atomic mass is 16.5. The summed E-state index contributed by atoms with van der Waals surface area (Å²) in [6, 6.07) is 13.0. The molecule has 0 saturated heterocycles. The Balaban J connectivity index is 1.66. The first kappa shape index (κ1) is 26.1. The molecule has 0 unspecified atom stereocenters. The van der Waals surface area contributed by atoms with E-state index in [-0.39, 0.29) is 24.3 Å². The van der Waals surface area contributed by atoms with Gasteiger partial charge in [0.1, 0.15) is 5.75 Å². The summed E-state index contributed by atoms with van der Waals surface area (Å²) >= 11 is 0. The zero-order valence-corrected chi connectivity index (χ0v) is 22.0. The van der Waals surface area contributed by atoms with Crippen molar-refractivity contribution < 1.29 is 23.8 Å². The van der Waals surface area contributed by atoms with E-state index in [1.54, 1.807) is 36.9 Å². The monoisotopic (exact) mass is 506 g/mol. The molecular formula is C28H34N4O5. The topological polar surface area (TPSA) is 94.9 Å². The Morgan fingerprint density at radius 2 is 1.73 bits per heavy atom. The molecule has 9 nitrogen and oxygen atoms in total. The van der Waals surface area contributed by atoms with Crippen molar-refractivity contribution in [3.63, 3.8) is 0 Å². The average Bonchev–Trinajstić information content (AvgIpc) is 3.64. The number of nitrogens with one attached hydrogen (secondary N) is 1. The fraction of sp³-hybridized carbons (Fsp3) is 0.393. The van der Waals surface area contributed by atoms with E-state index in [0.717, 1.165) is 29.8 Å². The molecule has 0 radical (unpaired) electrons. The maximum atomic E-state index is 13.2. The third-order valence-electron chi connectivity index (χ3n) is 6.30. The number of nitrogens with zero attached hydrogens (tertiary/aromatic N) is 3. The van der Waals surface area contributed by atoms with Crippen LogP contribution in [0.15, 0.2) is 48.7 Å². The van der Waals surface area contributed by atoms with Gasteiger partial charge >= 0.3 is 0 Å². The second-order valence-electron chi connectivity index (χ2n) is 9.45. The van der Waals surface area contributed by atoms with Gasteiger partial charge in [0.2, 0.25) is 17.8 Å². The summed E-state index contributed by atoms with van der Waals surface area (Å²) < 4.78 is 17.9. The SMILES string of the molecule is COc1ccc(-c2cn(-c3ccc(OC)c(OC)c3)c(NC(=O)CN(CC3CC3)C(=O)C(C)C)n2)cc1. The van der Waals surface area contributed by atoms with E-state index >= 15 is 0 Å². The molecule has 1 aliphatic carbocycles. The molecule has 2 aromatic carbocycles. The number of benzene rings is 2. The zero-order chi connectivity index (χ0) is 26.5. The van der Waals surface area contributed by atoms with E-state index in [1.807, 2.05) is 56.4 Å². The van der Waals surface area contributed by atoms with Gasteiger partial charge in [0, 0.05) is 30.3 Å². The number of methoxy groups -OCH3 is 3. The largest absolute Gasteiger partial charge is 0.497 e. The minimum Gasteiger partial charge on any atom is -0.497 e. The van der Waals surface area contributed by atoms with Crippen molar-refractivity contribution in [2.45, 2.75) is 26.7 Å². The third kappa shape index (κ3) is 6.22. The molecule has 2 amide bonds. The van der Waals surface area contributed by atoms with Crippen molar-refractivity contribution in [3.8, 4) is 34.2 Å². The predicted molar refractivity (Wildman–Crippen MR) is 141 cm³/mol. The van der Waals surface area contributed by atoms with E-state index < -0.39 is 0 Å². The lowest BCUT2D eigenvalue weighted by Gasteiger charge is -2.24. The molecule has 4 rings (SSSR count). The third-order valence-corrected chi connectivity index (χ3v) is 6.30. The second-order valence-corrected chi connectivity index (χ2v) is 9.45. The number of imidazole rings is 1. The molecule has 1 N–H and O–H groups in total. The fourth-order valence-corrected chi connectivity index (χ4v) is 4.09. The Morgan fingerprint density at radius 1 is 1.03 bits per heavy atom. The molecule has 196 valence electrons. The van der Waals surface area contributed by atoms with Crippen LogP contribution in [0.4, 0.5) is 5.95 Å². The molecule has 1 heterocycles. The van der Waals surface area contributed by atoms with Gasteiger partial charge in [-0.15, -0.1) is 0 Å². The van der Waals surface area contributed by atoms with Crippen molar-refractivity contribution in [1.29, 1.82) is 0 Å². The summed E-state index contributed by atoms with van der Waals surface area (Å²) in [7, 11) is 4.76. The fourth-order valence-electron chi connectivity index (χ4n) is 4.09.